The number of hydrogen-bond acceptors (Lipinski definition) is 5. The molecule has 0 saturated heterocycles. The first-order valence-corrected chi connectivity index (χ1v) is 10.8. The Morgan fingerprint density at radius 2 is 1.81 bits per heavy atom. The fourth-order valence-electron chi connectivity index (χ4n) is 4.01. The number of hydrogen-bond donors (Lipinski definition) is 1. The fourth-order valence-corrected chi connectivity index (χ4v) is 4.01. The highest BCUT2D eigenvalue weighted by molar-refractivity contribution is 5.91. The lowest BCUT2D eigenvalue weighted by atomic mass is 10.0. The first-order valence-electron chi connectivity index (χ1n) is 10.8. The predicted octanol–water partition coefficient (Wildman–Crippen LogP) is 5.04. The Labute approximate surface area is 188 Å². The SMILES string of the molecule is COCCn1c(-c2ccc(C(C)C)cc2)nc2cc(-c3cccnc3CO)cc(OC)c21. The summed E-state index contributed by atoms with van der Waals surface area (Å²) in [6, 6.07) is 16.4. The second kappa shape index (κ2) is 9.51. The average Bonchev–Trinajstić information content (AvgIpc) is 3.20. The quantitative estimate of drug-likeness (QED) is 0.423. The number of aliphatic hydroxyl groups excluding tert-OH is 1. The number of aromatic nitrogens is 3. The smallest absolute Gasteiger partial charge is 0.145 e. The van der Waals surface area contributed by atoms with Gasteiger partial charge in [-0.2, -0.15) is 0 Å². The van der Waals surface area contributed by atoms with Gasteiger partial charge in [-0.3, -0.25) is 4.98 Å². The van der Waals surface area contributed by atoms with E-state index in [2.05, 4.69) is 47.7 Å². The second-order valence-electron chi connectivity index (χ2n) is 8.06. The van der Waals surface area contributed by atoms with E-state index in [9.17, 15) is 5.11 Å². The van der Waals surface area contributed by atoms with E-state index in [4.69, 9.17) is 14.5 Å². The molecule has 0 atom stereocenters. The fraction of sp³-hybridized carbons (Fsp3) is 0.308. The third kappa shape index (κ3) is 4.11. The van der Waals surface area contributed by atoms with Crippen molar-refractivity contribution < 1.29 is 14.6 Å². The van der Waals surface area contributed by atoms with Gasteiger partial charge < -0.3 is 19.1 Å². The Kier molecular flexibility index (Phi) is 6.53. The summed E-state index contributed by atoms with van der Waals surface area (Å²) in [6.07, 6.45) is 1.68. The monoisotopic (exact) mass is 431 g/mol. The summed E-state index contributed by atoms with van der Waals surface area (Å²) in [5.74, 6) is 2.06. The number of benzene rings is 2. The molecular weight excluding hydrogens is 402 g/mol. The topological polar surface area (TPSA) is 69.4 Å². The summed E-state index contributed by atoms with van der Waals surface area (Å²) < 4.78 is 13.3. The molecule has 0 aliphatic rings. The number of imidazole rings is 1. The molecule has 0 fully saturated rings. The van der Waals surface area contributed by atoms with Crippen LogP contribution in [0.1, 0.15) is 31.0 Å². The van der Waals surface area contributed by atoms with Crippen LogP contribution in [-0.4, -0.2) is 40.5 Å². The van der Waals surface area contributed by atoms with Gasteiger partial charge in [0.05, 0.1) is 31.5 Å². The number of pyridine rings is 1. The molecule has 2 heterocycles. The molecule has 166 valence electrons. The Morgan fingerprint density at radius 3 is 2.47 bits per heavy atom. The van der Waals surface area contributed by atoms with E-state index < -0.39 is 0 Å². The van der Waals surface area contributed by atoms with Gasteiger partial charge >= 0.3 is 0 Å². The van der Waals surface area contributed by atoms with Crippen molar-refractivity contribution in [2.75, 3.05) is 20.8 Å². The number of fused-ring (bicyclic) bond motifs is 1. The van der Waals surface area contributed by atoms with Crippen molar-refractivity contribution in [3.05, 3.63) is 66.0 Å². The van der Waals surface area contributed by atoms with Crippen molar-refractivity contribution in [2.24, 2.45) is 0 Å². The van der Waals surface area contributed by atoms with Gasteiger partial charge in [0.2, 0.25) is 0 Å². The Morgan fingerprint density at radius 1 is 1.03 bits per heavy atom. The summed E-state index contributed by atoms with van der Waals surface area (Å²) in [6.45, 7) is 5.46. The minimum Gasteiger partial charge on any atom is -0.494 e. The summed E-state index contributed by atoms with van der Waals surface area (Å²) in [5.41, 5.74) is 6.48. The zero-order valence-corrected chi connectivity index (χ0v) is 19.0. The molecule has 0 aliphatic heterocycles. The molecule has 0 amide bonds. The van der Waals surface area contributed by atoms with E-state index >= 15 is 0 Å². The van der Waals surface area contributed by atoms with Crippen LogP contribution in [0.4, 0.5) is 0 Å². The van der Waals surface area contributed by atoms with E-state index in [1.165, 1.54) is 5.56 Å². The van der Waals surface area contributed by atoms with Crippen molar-refractivity contribution in [1.82, 2.24) is 14.5 Å². The van der Waals surface area contributed by atoms with Crippen molar-refractivity contribution in [3.63, 3.8) is 0 Å². The molecule has 2 aromatic heterocycles. The van der Waals surface area contributed by atoms with Crippen LogP contribution in [0.5, 0.6) is 5.75 Å². The van der Waals surface area contributed by atoms with Crippen molar-refractivity contribution >= 4 is 11.0 Å². The van der Waals surface area contributed by atoms with Crippen LogP contribution in [0, 0.1) is 0 Å². The summed E-state index contributed by atoms with van der Waals surface area (Å²) in [7, 11) is 3.36. The molecule has 32 heavy (non-hydrogen) atoms. The predicted molar refractivity (Wildman–Crippen MR) is 127 cm³/mol. The molecule has 1 N–H and O–H groups in total. The van der Waals surface area contributed by atoms with Crippen LogP contribution >= 0.6 is 0 Å². The van der Waals surface area contributed by atoms with E-state index in [1.807, 2.05) is 24.3 Å². The van der Waals surface area contributed by atoms with Gasteiger partial charge in [-0.05, 0) is 35.2 Å². The van der Waals surface area contributed by atoms with E-state index in [1.54, 1.807) is 20.4 Å². The molecule has 4 rings (SSSR count). The first kappa shape index (κ1) is 22.0. The van der Waals surface area contributed by atoms with Crippen molar-refractivity contribution in [3.8, 4) is 28.3 Å². The highest BCUT2D eigenvalue weighted by Gasteiger charge is 2.19. The molecule has 0 aliphatic carbocycles. The van der Waals surface area contributed by atoms with Gasteiger partial charge in [0, 0.05) is 31.0 Å². The molecular formula is C26H29N3O3. The van der Waals surface area contributed by atoms with E-state index in [0.29, 0.717) is 24.8 Å². The average molecular weight is 432 g/mol. The highest BCUT2D eigenvalue weighted by Crippen LogP contribution is 2.36. The Balaban J connectivity index is 1.92. The maximum absolute atomic E-state index is 9.75. The highest BCUT2D eigenvalue weighted by atomic mass is 16.5. The molecule has 6 nitrogen and oxygen atoms in total. The zero-order valence-electron chi connectivity index (χ0n) is 19.0. The normalized spacial score (nSPS) is 11.4. The maximum atomic E-state index is 9.75. The molecule has 0 spiro atoms. The molecule has 0 bridgehead atoms. The van der Waals surface area contributed by atoms with Gasteiger partial charge in [-0.25, -0.2) is 4.98 Å². The number of ether oxygens (including phenoxy) is 2. The lowest BCUT2D eigenvalue weighted by molar-refractivity contribution is 0.188. The van der Waals surface area contributed by atoms with Crippen LogP contribution in [0.3, 0.4) is 0 Å². The largest absolute Gasteiger partial charge is 0.494 e. The van der Waals surface area contributed by atoms with Gasteiger partial charge in [-0.1, -0.05) is 44.2 Å². The zero-order chi connectivity index (χ0) is 22.7. The lowest BCUT2D eigenvalue weighted by Crippen LogP contribution is -2.07. The number of rotatable bonds is 8. The molecule has 4 aromatic rings. The van der Waals surface area contributed by atoms with Gasteiger partial charge in [0.15, 0.2) is 0 Å². The van der Waals surface area contributed by atoms with Crippen LogP contribution < -0.4 is 4.74 Å². The number of nitrogens with zero attached hydrogens (tertiary/aromatic N) is 3. The molecule has 6 heteroatoms. The van der Waals surface area contributed by atoms with Crippen LogP contribution in [0.15, 0.2) is 54.7 Å². The van der Waals surface area contributed by atoms with E-state index in [0.717, 1.165) is 39.3 Å². The van der Waals surface area contributed by atoms with Gasteiger partial charge in [0.25, 0.3) is 0 Å². The van der Waals surface area contributed by atoms with Crippen LogP contribution in [-0.2, 0) is 17.9 Å². The third-order valence-electron chi connectivity index (χ3n) is 5.73. The first-order chi connectivity index (χ1) is 15.6. The second-order valence-corrected chi connectivity index (χ2v) is 8.06. The number of aliphatic hydroxyl groups is 1. The lowest BCUT2D eigenvalue weighted by Gasteiger charge is -2.13. The summed E-state index contributed by atoms with van der Waals surface area (Å²) in [5, 5.41) is 9.75. The minimum atomic E-state index is -0.133. The summed E-state index contributed by atoms with van der Waals surface area (Å²) in [4.78, 5) is 9.31. The van der Waals surface area contributed by atoms with Gasteiger partial charge in [0.1, 0.15) is 17.1 Å². The van der Waals surface area contributed by atoms with Crippen LogP contribution in [0.25, 0.3) is 33.5 Å². The summed E-state index contributed by atoms with van der Waals surface area (Å²) >= 11 is 0. The van der Waals surface area contributed by atoms with Gasteiger partial charge in [-0.15, -0.1) is 0 Å². The molecule has 0 radical (unpaired) electrons. The van der Waals surface area contributed by atoms with E-state index in [-0.39, 0.29) is 6.61 Å². The molecule has 0 saturated carbocycles. The molecule has 0 unspecified atom stereocenters. The van der Waals surface area contributed by atoms with Crippen molar-refractivity contribution in [2.45, 2.75) is 32.9 Å². The number of methoxy groups -OCH3 is 2. The maximum Gasteiger partial charge on any atom is 0.145 e. The standard InChI is InChI=1S/C26H29N3O3/c1-17(2)18-7-9-19(10-8-18)26-28-22-14-20(21-6-5-11-27-23(21)16-30)15-24(32-4)25(22)29(26)12-13-31-3/h5-11,14-15,17,30H,12-13,16H2,1-4H3. The minimum absolute atomic E-state index is 0.133. The molecule has 2 aromatic carbocycles. The third-order valence-corrected chi connectivity index (χ3v) is 5.73. The Hall–Kier alpha value is -3.22. The van der Waals surface area contributed by atoms with Crippen LogP contribution in [0.2, 0.25) is 0 Å². The van der Waals surface area contributed by atoms with Crippen molar-refractivity contribution in [1.29, 1.82) is 0 Å². The Bertz CT molecular complexity index is 1210.